The number of allylic oxidation sites excluding steroid dienone is 3. The molecule has 0 fully saturated rings. The Morgan fingerprint density at radius 3 is 1.52 bits per heavy atom. The Labute approximate surface area is 291 Å². The van der Waals surface area contributed by atoms with Gasteiger partial charge in [0.05, 0.1) is 22.3 Å². The molecule has 0 aromatic heterocycles. The van der Waals surface area contributed by atoms with Crippen molar-refractivity contribution in [1.29, 1.82) is 0 Å². The van der Waals surface area contributed by atoms with Gasteiger partial charge in [-0.3, -0.25) is 24.1 Å². The van der Waals surface area contributed by atoms with Gasteiger partial charge in [0.2, 0.25) is 0 Å². The molecule has 0 saturated heterocycles. The third-order valence-corrected chi connectivity index (χ3v) is 9.85. The van der Waals surface area contributed by atoms with E-state index in [9.17, 15) is 19.2 Å². The maximum atomic E-state index is 13.5. The van der Waals surface area contributed by atoms with E-state index in [0.717, 1.165) is 28.9 Å². The number of rotatable bonds is 7. The van der Waals surface area contributed by atoms with Crippen LogP contribution in [-0.2, 0) is 5.41 Å². The lowest BCUT2D eigenvalue weighted by Crippen LogP contribution is -2.29. The van der Waals surface area contributed by atoms with Crippen LogP contribution in [0.4, 0.5) is 0 Å². The predicted octanol–water partition coefficient (Wildman–Crippen LogP) is 9.07. The standard InChI is InChI=1S/C42H38N2O6/c1-41(2,3)27-8-7-9-28(22-27)44-39(47)34-21-19-32(24-36(34)40(44)48)50-30-16-12-26(13-17-30)42(4,5)25-10-14-29(15-11-25)49-31-18-20-33-35(23-31)38(46)43(6)37(33)45/h9-24H,7-8H2,1-6H3. The topological polar surface area (TPSA) is 93.2 Å². The first-order valence-electron chi connectivity index (χ1n) is 16.7. The smallest absolute Gasteiger partial charge is 0.266 e. The molecule has 50 heavy (non-hydrogen) atoms. The van der Waals surface area contributed by atoms with Crippen LogP contribution in [0.25, 0.3) is 0 Å². The first kappa shape index (κ1) is 32.8. The molecule has 0 N–H and O–H groups in total. The Bertz CT molecular complexity index is 2150. The van der Waals surface area contributed by atoms with Crippen LogP contribution in [0.5, 0.6) is 23.0 Å². The molecule has 252 valence electrons. The average Bonchev–Trinajstić information content (AvgIpc) is 3.47. The predicted molar refractivity (Wildman–Crippen MR) is 190 cm³/mol. The second-order valence-corrected chi connectivity index (χ2v) is 14.5. The summed E-state index contributed by atoms with van der Waals surface area (Å²) < 4.78 is 12.2. The summed E-state index contributed by atoms with van der Waals surface area (Å²) in [6.07, 6.45) is 5.64. The lowest BCUT2D eigenvalue weighted by molar-refractivity contribution is 0.0683. The Hall–Kier alpha value is -5.76. The van der Waals surface area contributed by atoms with Crippen molar-refractivity contribution in [2.24, 2.45) is 5.41 Å². The zero-order valence-corrected chi connectivity index (χ0v) is 29.0. The number of benzene rings is 4. The van der Waals surface area contributed by atoms with Crippen molar-refractivity contribution < 1.29 is 28.7 Å². The SMILES string of the molecule is CN1C(=O)c2ccc(Oc3ccc(C(C)(C)c4ccc(Oc5ccc6c(c5)C(=O)N(C5=CCCC(C(C)(C)C)=C5)C6=O)cc4)cc3)cc2C1=O. The molecule has 3 aliphatic rings. The molecule has 1 aliphatic carbocycles. The highest BCUT2D eigenvalue weighted by molar-refractivity contribution is 6.23. The second kappa shape index (κ2) is 12.0. The van der Waals surface area contributed by atoms with Crippen molar-refractivity contribution in [3.05, 3.63) is 142 Å². The molecule has 4 aromatic carbocycles. The van der Waals surface area contributed by atoms with E-state index < -0.39 is 0 Å². The van der Waals surface area contributed by atoms with Gasteiger partial charge < -0.3 is 9.47 Å². The van der Waals surface area contributed by atoms with Crippen LogP contribution in [0.2, 0.25) is 0 Å². The molecule has 2 heterocycles. The molecular formula is C42H38N2O6. The van der Waals surface area contributed by atoms with E-state index in [1.807, 2.05) is 60.7 Å². The summed E-state index contributed by atoms with van der Waals surface area (Å²) in [4.78, 5) is 53.8. The molecule has 2 aliphatic heterocycles. The van der Waals surface area contributed by atoms with Gasteiger partial charge in [0.25, 0.3) is 23.6 Å². The Kier molecular flexibility index (Phi) is 7.85. The van der Waals surface area contributed by atoms with Gasteiger partial charge in [-0.15, -0.1) is 0 Å². The third-order valence-electron chi connectivity index (χ3n) is 9.85. The van der Waals surface area contributed by atoms with Crippen LogP contribution in [-0.4, -0.2) is 40.5 Å². The summed E-state index contributed by atoms with van der Waals surface area (Å²) in [5.41, 5.74) is 5.03. The summed E-state index contributed by atoms with van der Waals surface area (Å²) in [7, 11) is 1.47. The zero-order valence-electron chi connectivity index (χ0n) is 29.0. The molecule has 8 heteroatoms. The van der Waals surface area contributed by atoms with Crippen LogP contribution < -0.4 is 9.47 Å². The van der Waals surface area contributed by atoms with Crippen molar-refractivity contribution >= 4 is 23.6 Å². The zero-order chi connectivity index (χ0) is 35.5. The van der Waals surface area contributed by atoms with E-state index in [2.05, 4.69) is 34.6 Å². The Balaban J connectivity index is 1.03. The quantitative estimate of drug-likeness (QED) is 0.183. The largest absolute Gasteiger partial charge is 0.457 e. The lowest BCUT2D eigenvalue weighted by Gasteiger charge is -2.28. The summed E-state index contributed by atoms with van der Waals surface area (Å²) in [6, 6.07) is 25.5. The fourth-order valence-electron chi connectivity index (χ4n) is 6.67. The van der Waals surface area contributed by atoms with E-state index in [-0.39, 0.29) is 34.5 Å². The van der Waals surface area contributed by atoms with Gasteiger partial charge in [0, 0.05) is 18.2 Å². The number of hydrogen-bond acceptors (Lipinski definition) is 6. The van der Waals surface area contributed by atoms with Crippen LogP contribution in [0, 0.1) is 5.41 Å². The molecule has 7 rings (SSSR count). The van der Waals surface area contributed by atoms with Gasteiger partial charge in [-0.1, -0.05) is 70.5 Å². The molecule has 0 saturated carbocycles. The summed E-state index contributed by atoms with van der Waals surface area (Å²) in [5.74, 6) is 0.867. The molecule has 0 atom stereocenters. The van der Waals surface area contributed by atoms with E-state index in [1.165, 1.54) is 17.5 Å². The molecular weight excluding hydrogens is 628 g/mol. The third kappa shape index (κ3) is 5.70. The summed E-state index contributed by atoms with van der Waals surface area (Å²) >= 11 is 0. The summed E-state index contributed by atoms with van der Waals surface area (Å²) in [6.45, 7) is 10.7. The maximum absolute atomic E-state index is 13.5. The van der Waals surface area contributed by atoms with Gasteiger partial charge in [0.15, 0.2) is 0 Å². The first-order chi connectivity index (χ1) is 23.7. The fraction of sp³-hybridized carbons (Fsp3) is 0.238. The van der Waals surface area contributed by atoms with Crippen LogP contribution >= 0.6 is 0 Å². The lowest BCUT2D eigenvalue weighted by atomic mass is 9.78. The minimum Gasteiger partial charge on any atom is -0.457 e. The minimum atomic E-state index is -0.346. The number of fused-ring (bicyclic) bond motifs is 2. The van der Waals surface area contributed by atoms with Gasteiger partial charge in [-0.25, -0.2) is 4.90 Å². The molecule has 0 spiro atoms. The molecule has 0 unspecified atom stereocenters. The number of ether oxygens (including phenoxy) is 2. The number of amides is 4. The minimum absolute atomic E-state index is 0.0420. The van der Waals surface area contributed by atoms with Crippen molar-refractivity contribution in [2.75, 3.05) is 7.05 Å². The number of carbonyl (C=O) groups excluding carboxylic acids is 4. The monoisotopic (exact) mass is 666 g/mol. The molecule has 0 bridgehead atoms. The first-order valence-corrected chi connectivity index (χ1v) is 16.7. The van der Waals surface area contributed by atoms with Crippen molar-refractivity contribution in [3.8, 4) is 23.0 Å². The fourth-order valence-corrected chi connectivity index (χ4v) is 6.67. The Morgan fingerprint density at radius 2 is 1.00 bits per heavy atom. The van der Waals surface area contributed by atoms with Crippen LogP contribution in [0.1, 0.15) is 100 Å². The van der Waals surface area contributed by atoms with E-state index in [4.69, 9.17) is 9.47 Å². The van der Waals surface area contributed by atoms with Gasteiger partial charge in [-0.2, -0.15) is 0 Å². The van der Waals surface area contributed by atoms with Gasteiger partial charge in [-0.05, 0) is 96.1 Å². The van der Waals surface area contributed by atoms with E-state index in [0.29, 0.717) is 50.9 Å². The highest BCUT2D eigenvalue weighted by Gasteiger charge is 2.39. The second-order valence-electron chi connectivity index (χ2n) is 14.5. The number of imide groups is 2. The van der Waals surface area contributed by atoms with Crippen molar-refractivity contribution in [2.45, 2.75) is 52.9 Å². The number of carbonyl (C=O) groups is 4. The maximum Gasteiger partial charge on any atom is 0.266 e. The van der Waals surface area contributed by atoms with Gasteiger partial charge in [0.1, 0.15) is 23.0 Å². The van der Waals surface area contributed by atoms with Crippen LogP contribution in [0.3, 0.4) is 0 Å². The van der Waals surface area contributed by atoms with Crippen molar-refractivity contribution in [3.63, 3.8) is 0 Å². The number of nitrogens with zero attached hydrogens (tertiary/aromatic N) is 2. The van der Waals surface area contributed by atoms with E-state index in [1.54, 1.807) is 36.4 Å². The van der Waals surface area contributed by atoms with Gasteiger partial charge >= 0.3 is 0 Å². The molecule has 4 aromatic rings. The summed E-state index contributed by atoms with van der Waals surface area (Å²) in [5, 5.41) is 0. The van der Waals surface area contributed by atoms with Crippen molar-refractivity contribution in [1.82, 2.24) is 9.80 Å². The molecule has 0 radical (unpaired) electrons. The highest BCUT2D eigenvalue weighted by atomic mass is 16.5. The average molecular weight is 667 g/mol. The van der Waals surface area contributed by atoms with E-state index >= 15 is 0 Å². The molecule has 8 nitrogen and oxygen atoms in total. The van der Waals surface area contributed by atoms with Crippen LogP contribution in [0.15, 0.2) is 108 Å². The number of hydrogen-bond donors (Lipinski definition) is 0. The normalized spacial score (nSPS) is 16.0. The highest BCUT2D eigenvalue weighted by Crippen LogP contribution is 2.39. The molecule has 4 amide bonds. The Morgan fingerprint density at radius 1 is 0.560 bits per heavy atom.